The van der Waals surface area contributed by atoms with Gasteiger partial charge in [-0.25, -0.2) is 0 Å². The number of amides is 1. The molecule has 2 unspecified atom stereocenters. The Morgan fingerprint density at radius 2 is 2.00 bits per heavy atom. The molecule has 0 radical (unpaired) electrons. The average Bonchev–Trinajstić information content (AvgIpc) is 2.79. The first-order valence-electron chi connectivity index (χ1n) is 6.52. The number of alkyl halides is 1. The largest absolute Gasteiger partial charge is 0.326 e. The summed E-state index contributed by atoms with van der Waals surface area (Å²) >= 11 is 11.6. The predicted molar refractivity (Wildman–Crippen MR) is 79.9 cm³/mol. The van der Waals surface area contributed by atoms with Crippen LogP contribution in [0.5, 0.6) is 0 Å². The Bertz CT molecular complexity index is 436. The van der Waals surface area contributed by atoms with E-state index < -0.39 is 0 Å². The molecular weight excluding hydrogens is 283 g/mol. The lowest BCUT2D eigenvalue weighted by Gasteiger charge is -2.32. The second kappa shape index (κ2) is 6.60. The van der Waals surface area contributed by atoms with E-state index in [4.69, 9.17) is 28.9 Å². The van der Waals surface area contributed by atoms with Crippen molar-refractivity contribution in [3.05, 3.63) is 29.3 Å². The van der Waals surface area contributed by atoms with Gasteiger partial charge in [-0.2, -0.15) is 0 Å². The molecule has 104 valence electrons. The molecule has 1 saturated carbocycles. The van der Waals surface area contributed by atoms with E-state index in [-0.39, 0.29) is 18.0 Å². The molecule has 1 aromatic rings. The fraction of sp³-hybridized carbons (Fsp3) is 0.500. The number of carbonyl (C=O) groups is 1. The Morgan fingerprint density at radius 3 is 2.53 bits per heavy atom. The first kappa shape index (κ1) is 14.6. The van der Waals surface area contributed by atoms with Gasteiger partial charge in [0.2, 0.25) is 5.91 Å². The highest BCUT2D eigenvalue weighted by Crippen LogP contribution is 2.29. The molecule has 0 heterocycles. The lowest BCUT2D eigenvalue weighted by Crippen LogP contribution is -2.48. The summed E-state index contributed by atoms with van der Waals surface area (Å²) in [6, 6.07) is 7.40. The molecule has 1 aliphatic rings. The summed E-state index contributed by atoms with van der Waals surface area (Å²) in [7, 11) is 0. The van der Waals surface area contributed by atoms with E-state index in [0.717, 1.165) is 24.9 Å². The van der Waals surface area contributed by atoms with Crippen molar-refractivity contribution in [1.29, 1.82) is 0 Å². The van der Waals surface area contributed by atoms with Crippen LogP contribution in [0.1, 0.15) is 25.7 Å². The highest BCUT2D eigenvalue weighted by atomic mass is 35.5. The summed E-state index contributed by atoms with van der Waals surface area (Å²) < 4.78 is 0. The zero-order valence-corrected chi connectivity index (χ0v) is 12.2. The van der Waals surface area contributed by atoms with Crippen molar-refractivity contribution < 1.29 is 4.79 Å². The van der Waals surface area contributed by atoms with Gasteiger partial charge in [-0.15, -0.1) is 11.6 Å². The van der Waals surface area contributed by atoms with Crippen LogP contribution in [0.4, 0.5) is 5.69 Å². The molecule has 0 spiro atoms. The van der Waals surface area contributed by atoms with Gasteiger partial charge >= 0.3 is 0 Å². The molecule has 0 aliphatic heterocycles. The molecule has 0 saturated heterocycles. The van der Waals surface area contributed by atoms with Gasteiger partial charge in [0, 0.05) is 29.1 Å². The van der Waals surface area contributed by atoms with E-state index in [1.807, 2.05) is 12.1 Å². The van der Waals surface area contributed by atoms with Crippen LogP contribution in [0.15, 0.2) is 24.3 Å². The van der Waals surface area contributed by atoms with Gasteiger partial charge < -0.3 is 10.6 Å². The van der Waals surface area contributed by atoms with Crippen molar-refractivity contribution in [2.45, 2.75) is 37.8 Å². The standard InChI is InChI=1S/C14H18Cl2N2O/c15-9-8-14(19)18(13-3-1-2-12(13)17)11-6-4-10(16)5-7-11/h4-7,12-13H,1-3,8-9,17H2. The van der Waals surface area contributed by atoms with Crippen molar-refractivity contribution >= 4 is 34.8 Å². The second-order valence-corrected chi connectivity index (χ2v) is 5.66. The molecule has 1 fully saturated rings. The third-order valence-corrected chi connectivity index (χ3v) is 3.99. The van der Waals surface area contributed by atoms with E-state index in [0.29, 0.717) is 17.3 Å². The van der Waals surface area contributed by atoms with Crippen LogP contribution in [-0.4, -0.2) is 23.9 Å². The smallest absolute Gasteiger partial charge is 0.228 e. The topological polar surface area (TPSA) is 46.3 Å². The number of benzene rings is 1. The van der Waals surface area contributed by atoms with Gasteiger partial charge in [-0.1, -0.05) is 11.6 Å². The van der Waals surface area contributed by atoms with Gasteiger partial charge in [0.25, 0.3) is 0 Å². The minimum absolute atomic E-state index is 0.0275. The quantitative estimate of drug-likeness (QED) is 0.868. The van der Waals surface area contributed by atoms with Crippen LogP contribution in [0.3, 0.4) is 0 Å². The number of rotatable bonds is 4. The molecule has 0 bridgehead atoms. The number of anilines is 1. The maximum atomic E-state index is 12.3. The monoisotopic (exact) mass is 300 g/mol. The highest BCUT2D eigenvalue weighted by Gasteiger charge is 2.33. The van der Waals surface area contributed by atoms with Crippen LogP contribution in [-0.2, 0) is 4.79 Å². The summed E-state index contributed by atoms with van der Waals surface area (Å²) in [4.78, 5) is 14.1. The first-order valence-corrected chi connectivity index (χ1v) is 7.44. The van der Waals surface area contributed by atoms with E-state index in [1.54, 1.807) is 17.0 Å². The zero-order valence-electron chi connectivity index (χ0n) is 10.7. The first-order chi connectivity index (χ1) is 9.13. The van der Waals surface area contributed by atoms with Gasteiger partial charge in [0.15, 0.2) is 0 Å². The SMILES string of the molecule is NC1CCCC1N(C(=O)CCCl)c1ccc(Cl)cc1. The molecule has 2 N–H and O–H groups in total. The molecule has 2 rings (SSSR count). The maximum Gasteiger partial charge on any atom is 0.228 e. The molecule has 0 aromatic heterocycles. The van der Waals surface area contributed by atoms with Crippen LogP contribution in [0.25, 0.3) is 0 Å². The third-order valence-electron chi connectivity index (χ3n) is 3.55. The zero-order chi connectivity index (χ0) is 13.8. The Kier molecular flexibility index (Phi) is 5.08. The lowest BCUT2D eigenvalue weighted by atomic mass is 10.1. The van der Waals surface area contributed by atoms with E-state index in [2.05, 4.69) is 0 Å². The Labute approximate surface area is 123 Å². The van der Waals surface area contributed by atoms with Crippen LogP contribution >= 0.6 is 23.2 Å². The summed E-state index contributed by atoms with van der Waals surface area (Å²) in [5, 5.41) is 0.657. The number of carbonyl (C=O) groups excluding carboxylic acids is 1. The van der Waals surface area contributed by atoms with Crippen LogP contribution < -0.4 is 10.6 Å². The molecule has 19 heavy (non-hydrogen) atoms. The van der Waals surface area contributed by atoms with Crippen molar-refractivity contribution in [2.24, 2.45) is 5.73 Å². The van der Waals surface area contributed by atoms with Crippen molar-refractivity contribution in [3.8, 4) is 0 Å². The minimum Gasteiger partial charge on any atom is -0.326 e. The molecule has 1 aliphatic carbocycles. The molecule has 2 atom stereocenters. The van der Waals surface area contributed by atoms with Crippen LogP contribution in [0.2, 0.25) is 5.02 Å². The highest BCUT2D eigenvalue weighted by molar-refractivity contribution is 6.30. The molecule has 1 aromatic carbocycles. The summed E-state index contributed by atoms with van der Waals surface area (Å²) in [5.41, 5.74) is 6.98. The lowest BCUT2D eigenvalue weighted by molar-refractivity contribution is -0.118. The maximum absolute atomic E-state index is 12.3. The number of hydrogen-bond acceptors (Lipinski definition) is 2. The molecule has 1 amide bonds. The van der Waals surface area contributed by atoms with Crippen molar-refractivity contribution in [1.82, 2.24) is 0 Å². The second-order valence-electron chi connectivity index (χ2n) is 4.84. The Morgan fingerprint density at radius 1 is 1.32 bits per heavy atom. The Balaban J connectivity index is 2.28. The Hall–Kier alpha value is -0.770. The number of nitrogens with two attached hydrogens (primary N) is 1. The van der Waals surface area contributed by atoms with E-state index >= 15 is 0 Å². The normalized spacial score (nSPS) is 22.5. The van der Waals surface area contributed by atoms with Gasteiger partial charge in [0.1, 0.15) is 0 Å². The third kappa shape index (κ3) is 3.41. The van der Waals surface area contributed by atoms with E-state index in [9.17, 15) is 4.79 Å². The number of halogens is 2. The fourth-order valence-electron chi connectivity index (χ4n) is 2.61. The van der Waals surface area contributed by atoms with Crippen LogP contribution in [0, 0.1) is 0 Å². The number of hydrogen-bond donors (Lipinski definition) is 1. The fourth-order valence-corrected chi connectivity index (χ4v) is 2.90. The van der Waals surface area contributed by atoms with Crippen molar-refractivity contribution in [3.63, 3.8) is 0 Å². The average molecular weight is 301 g/mol. The van der Waals surface area contributed by atoms with E-state index in [1.165, 1.54) is 0 Å². The summed E-state index contributed by atoms with van der Waals surface area (Å²) in [5.74, 6) is 0.352. The molecule has 3 nitrogen and oxygen atoms in total. The summed E-state index contributed by atoms with van der Waals surface area (Å²) in [6.45, 7) is 0. The van der Waals surface area contributed by atoms with Gasteiger partial charge in [-0.3, -0.25) is 4.79 Å². The predicted octanol–water partition coefficient (Wildman–Crippen LogP) is 3.18. The van der Waals surface area contributed by atoms with Gasteiger partial charge in [-0.05, 0) is 43.5 Å². The molecular formula is C14H18Cl2N2O. The molecule has 5 heteroatoms. The van der Waals surface area contributed by atoms with Crippen molar-refractivity contribution in [2.75, 3.05) is 10.8 Å². The minimum atomic E-state index is 0.0275. The van der Waals surface area contributed by atoms with Gasteiger partial charge in [0.05, 0.1) is 6.04 Å². The number of nitrogens with zero attached hydrogens (tertiary/aromatic N) is 1. The summed E-state index contributed by atoms with van der Waals surface area (Å²) in [6.07, 6.45) is 3.29.